The summed E-state index contributed by atoms with van der Waals surface area (Å²) in [6.45, 7) is 7.08. The van der Waals surface area contributed by atoms with Crippen LogP contribution in [0, 0.1) is 11.8 Å². The van der Waals surface area contributed by atoms with Crippen LogP contribution in [-0.2, 0) is 0 Å². The van der Waals surface area contributed by atoms with Crippen molar-refractivity contribution < 1.29 is 0 Å². The van der Waals surface area contributed by atoms with Gasteiger partial charge in [0.25, 0.3) is 0 Å². The Hall–Kier alpha value is -0.820. The van der Waals surface area contributed by atoms with E-state index in [1.807, 2.05) is 0 Å². The zero-order valence-electron chi connectivity index (χ0n) is 12.4. The molecule has 1 heteroatoms. The molecule has 1 saturated carbocycles. The molecule has 0 radical (unpaired) electrons. The molecule has 2 fully saturated rings. The number of hydrogen-bond acceptors (Lipinski definition) is 1. The van der Waals surface area contributed by atoms with Crippen molar-refractivity contribution in [3.05, 3.63) is 35.4 Å². The van der Waals surface area contributed by atoms with Gasteiger partial charge in [-0.05, 0) is 73.6 Å². The predicted molar refractivity (Wildman–Crippen MR) is 81.6 cm³/mol. The van der Waals surface area contributed by atoms with Crippen LogP contribution in [0.25, 0.3) is 0 Å². The fourth-order valence-corrected chi connectivity index (χ4v) is 3.65. The molecule has 0 bridgehead atoms. The molecule has 1 aromatic rings. The van der Waals surface area contributed by atoms with Gasteiger partial charge in [0.15, 0.2) is 0 Å². The summed E-state index contributed by atoms with van der Waals surface area (Å²) in [5, 5.41) is 3.58. The van der Waals surface area contributed by atoms with Crippen molar-refractivity contribution >= 4 is 0 Å². The van der Waals surface area contributed by atoms with Gasteiger partial charge in [0.1, 0.15) is 0 Å². The van der Waals surface area contributed by atoms with E-state index in [1.54, 1.807) is 11.1 Å². The van der Waals surface area contributed by atoms with Crippen molar-refractivity contribution in [2.75, 3.05) is 13.1 Å². The summed E-state index contributed by atoms with van der Waals surface area (Å²) in [5.74, 6) is 3.28. The van der Waals surface area contributed by atoms with E-state index in [-0.39, 0.29) is 0 Å². The summed E-state index contributed by atoms with van der Waals surface area (Å²) in [4.78, 5) is 0. The maximum atomic E-state index is 3.58. The summed E-state index contributed by atoms with van der Waals surface area (Å²) in [5.41, 5.74) is 3.15. The van der Waals surface area contributed by atoms with Crippen molar-refractivity contribution in [2.45, 2.75) is 51.4 Å². The summed E-state index contributed by atoms with van der Waals surface area (Å²) in [7, 11) is 0. The predicted octanol–water partition coefficient (Wildman–Crippen LogP) is 4.30. The average Bonchev–Trinajstić information content (AvgIpc) is 3.23. The largest absolute Gasteiger partial charge is 0.316 e. The van der Waals surface area contributed by atoms with E-state index < -0.39 is 0 Å². The highest BCUT2D eigenvalue weighted by atomic mass is 14.9. The molecular formula is C18H27N. The molecule has 104 valence electrons. The van der Waals surface area contributed by atoms with E-state index in [0.29, 0.717) is 0 Å². The van der Waals surface area contributed by atoms with Crippen LogP contribution < -0.4 is 5.32 Å². The van der Waals surface area contributed by atoms with Gasteiger partial charge in [0, 0.05) is 0 Å². The molecule has 1 nitrogen and oxygen atoms in total. The van der Waals surface area contributed by atoms with Gasteiger partial charge in [-0.25, -0.2) is 0 Å². The van der Waals surface area contributed by atoms with E-state index in [0.717, 1.165) is 23.7 Å². The molecule has 1 aliphatic heterocycles. The maximum Gasteiger partial charge on any atom is -0.00146 e. The number of benzene rings is 1. The highest BCUT2D eigenvalue weighted by Gasteiger charge is 2.28. The Kier molecular flexibility index (Phi) is 3.93. The molecule has 2 atom stereocenters. The van der Waals surface area contributed by atoms with Gasteiger partial charge in [0.2, 0.25) is 0 Å². The third kappa shape index (κ3) is 3.20. The van der Waals surface area contributed by atoms with Crippen molar-refractivity contribution in [3.63, 3.8) is 0 Å². The molecule has 1 aromatic carbocycles. The van der Waals surface area contributed by atoms with Crippen LogP contribution in [0.3, 0.4) is 0 Å². The molecule has 1 heterocycles. The van der Waals surface area contributed by atoms with Crippen LogP contribution in [0.15, 0.2) is 24.3 Å². The first-order chi connectivity index (χ1) is 9.24. The monoisotopic (exact) mass is 257 g/mol. The Bertz CT molecular complexity index is 402. The summed E-state index contributed by atoms with van der Waals surface area (Å²) in [6, 6.07) is 9.61. The Morgan fingerprint density at radius 1 is 1.05 bits per heavy atom. The van der Waals surface area contributed by atoms with Crippen LogP contribution in [-0.4, -0.2) is 13.1 Å². The smallest absolute Gasteiger partial charge is 0.00146 e. The lowest BCUT2D eigenvalue weighted by Gasteiger charge is -2.33. The van der Waals surface area contributed by atoms with Gasteiger partial charge in [-0.2, -0.15) is 0 Å². The number of piperidine rings is 1. The highest BCUT2D eigenvalue weighted by Crippen LogP contribution is 2.41. The minimum Gasteiger partial charge on any atom is -0.316 e. The molecule has 0 aromatic heterocycles. The fraction of sp³-hybridized carbons (Fsp3) is 0.667. The average molecular weight is 257 g/mol. The van der Waals surface area contributed by atoms with Gasteiger partial charge in [-0.1, -0.05) is 38.1 Å². The minimum atomic E-state index is 0.775. The number of rotatable bonds is 4. The lowest BCUT2D eigenvalue weighted by Crippen LogP contribution is -2.36. The Balaban J connectivity index is 1.73. The molecule has 1 N–H and O–H groups in total. The SMILES string of the molecule is CC(C)CC1CNCCC1c1ccc(C2CC2)cc1. The Labute approximate surface area is 117 Å². The normalized spacial score (nSPS) is 27.7. The zero-order chi connectivity index (χ0) is 13.2. The topological polar surface area (TPSA) is 12.0 Å². The molecule has 2 unspecified atom stereocenters. The summed E-state index contributed by atoms with van der Waals surface area (Å²) < 4.78 is 0. The van der Waals surface area contributed by atoms with Crippen molar-refractivity contribution in [3.8, 4) is 0 Å². The second-order valence-electron chi connectivity index (χ2n) is 6.93. The molecule has 2 aliphatic rings. The van der Waals surface area contributed by atoms with Crippen molar-refractivity contribution in [1.29, 1.82) is 0 Å². The summed E-state index contributed by atoms with van der Waals surface area (Å²) in [6.07, 6.45) is 5.47. The first-order valence-electron chi connectivity index (χ1n) is 8.04. The van der Waals surface area contributed by atoms with Crippen LogP contribution in [0.2, 0.25) is 0 Å². The van der Waals surface area contributed by atoms with E-state index >= 15 is 0 Å². The molecule has 3 rings (SSSR count). The lowest BCUT2D eigenvalue weighted by molar-refractivity contribution is 0.280. The van der Waals surface area contributed by atoms with Crippen LogP contribution in [0.1, 0.15) is 62.5 Å². The van der Waals surface area contributed by atoms with E-state index in [4.69, 9.17) is 0 Å². The molecular weight excluding hydrogens is 230 g/mol. The van der Waals surface area contributed by atoms with E-state index in [1.165, 1.54) is 38.8 Å². The molecule has 0 spiro atoms. The maximum absolute atomic E-state index is 3.58. The highest BCUT2D eigenvalue weighted by molar-refractivity contribution is 5.30. The van der Waals surface area contributed by atoms with Gasteiger partial charge in [-0.15, -0.1) is 0 Å². The number of hydrogen-bond donors (Lipinski definition) is 1. The van der Waals surface area contributed by atoms with Gasteiger partial charge >= 0.3 is 0 Å². The summed E-state index contributed by atoms with van der Waals surface area (Å²) >= 11 is 0. The van der Waals surface area contributed by atoms with Crippen LogP contribution >= 0.6 is 0 Å². The fourth-order valence-electron chi connectivity index (χ4n) is 3.65. The number of nitrogens with one attached hydrogen (secondary N) is 1. The molecule has 1 saturated heterocycles. The quantitative estimate of drug-likeness (QED) is 0.848. The minimum absolute atomic E-state index is 0.775. The van der Waals surface area contributed by atoms with Gasteiger partial charge in [0.05, 0.1) is 0 Å². The van der Waals surface area contributed by atoms with Crippen LogP contribution in [0.4, 0.5) is 0 Å². The third-order valence-corrected chi connectivity index (χ3v) is 4.80. The lowest BCUT2D eigenvalue weighted by atomic mass is 9.77. The molecule has 1 aliphatic carbocycles. The third-order valence-electron chi connectivity index (χ3n) is 4.80. The zero-order valence-corrected chi connectivity index (χ0v) is 12.4. The van der Waals surface area contributed by atoms with E-state index in [2.05, 4.69) is 43.4 Å². The first-order valence-corrected chi connectivity index (χ1v) is 8.04. The first kappa shape index (κ1) is 13.2. The standard InChI is InChI=1S/C18H27N/c1-13(2)11-17-12-19-10-9-18(17)16-7-5-15(6-8-16)14-3-4-14/h5-8,13-14,17-19H,3-4,9-12H2,1-2H3. The molecule has 0 amide bonds. The van der Waals surface area contributed by atoms with Crippen LogP contribution in [0.5, 0.6) is 0 Å². The van der Waals surface area contributed by atoms with Crippen molar-refractivity contribution in [1.82, 2.24) is 5.32 Å². The second kappa shape index (κ2) is 5.66. The van der Waals surface area contributed by atoms with E-state index in [9.17, 15) is 0 Å². The van der Waals surface area contributed by atoms with Gasteiger partial charge in [-0.3, -0.25) is 0 Å². The Morgan fingerprint density at radius 3 is 2.37 bits per heavy atom. The van der Waals surface area contributed by atoms with Gasteiger partial charge < -0.3 is 5.32 Å². The van der Waals surface area contributed by atoms with Crippen molar-refractivity contribution in [2.24, 2.45) is 11.8 Å². The second-order valence-corrected chi connectivity index (χ2v) is 6.93. The Morgan fingerprint density at radius 2 is 1.74 bits per heavy atom. The molecule has 19 heavy (non-hydrogen) atoms.